The molecule has 0 aliphatic carbocycles. The van der Waals surface area contributed by atoms with E-state index < -0.39 is 17.9 Å². The van der Waals surface area contributed by atoms with Gasteiger partial charge in [-0.3, -0.25) is 9.59 Å². The first kappa shape index (κ1) is 14.0. The van der Waals surface area contributed by atoms with Crippen molar-refractivity contribution in [3.05, 3.63) is 29.8 Å². The molecule has 0 saturated carbocycles. The molecule has 1 amide bonds. The largest absolute Gasteiger partial charge is 0.508 e. The number of benzene rings is 1. The molecule has 0 saturated heterocycles. The second kappa shape index (κ2) is 6.61. The van der Waals surface area contributed by atoms with Crippen molar-refractivity contribution < 1.29 is 19.4 Å². The molecule has 1 unspecified atom stereocenters. The zero-order valence-corrected chi connectivity index (χ0v) is 10.1. The number of ether oxygens (including phenoxy) is 1. The third-order valence-corrected chi connectivity index (χ3v) is 2.36. The number of amides is 1. The number of rotatable bonds is 5. The van der Waals surface area contributed by atoms with E-state index in [4.69, 9.17) is 10.8 Å². The van der Waals surface area contributed by atoms with E-state index in [0.717, 1.165) is 5.56 Å². The fourth-order valence-electron chi connectivity index (χ4n) is 1.34. The lowest BCUT2D eigenvalue weighted by molar-refractivity contribution is -0.141. The molecule has 1 aromatic rings. The Hall–Kier alpha value is -2.08. The zero-order valence-electron chi connectivity index (χ0n) is 10.1. The maximum absolute atomic E-state index is 11.5. The highest BCUT2D eigenvalue weighted by Crippen LogP contribution is 2.10. The summed E-state index contributed by atoms with van der Waals surface area (Å²) >= 11 is 0. The van der Waals surface area contributed by atoms with Crippen LogP contribution in [-0.4, -0.2) is 36.7 Å². The highest BCUT2D eigenvalue weighted by atomic mass is 16.5. The number of carbonyl (C=O) groups excluding carboxylic acids is 2. The van der Waals surface area contributed by atoms with Crippen LogP contribution in [0.15, 0.2) is 24.3 Å². The molecule has 1 atom stereocenters. The minimum atomic E-state index is -0.751. The number of nitrogens with one attached hydrogen (secondary N) is 1. The Kier molecular flexibility index (Phi) is 5.13. The van der Waals surface area contributed by atoms with Gasteiger partial charge in [-0.25, -0.2) is 0 Å². The van der Waals surface area contributed by atoms with E-state index in [0.29, 0.717) is 6.42 Å². The van der Waals surface area contributed by atoms with Crippen LogP contribution < -0.4 is 11.1 Å². The molecule has 0 radical (unpaired) electrons. The number of phenolic OH excluding ortho intramolecular Hbond substituents is 1. The highest BCUT2D eigenvalue weighted by molar-refractivity contribution is 5.85. The van der Waals surface area contributed by atoms with E-state index in [1.165, 1.54) is 19.2 Å². The van der Waals surface area contributed by atoms with Crippen LogP contribution in [-0.2, 0) is 20.7 Å². The average molecular weight is 252 g/mol. The van der Waals surface area contributed by atoms with Crippen molar-refractivity contribution in [1.29, 1.82) is 0 Å². The van der Waals surface area contributed by atoms with E-state index in [9.17, 15) is 9.59 Å². The van der Waals surface area contributed by atoms with Gasteiger partial charge in [0.2, 0.25) is 5.91 Å². The molecule has 0 aliphatic heterocycles. The van der Waals surface area contributed by atoms with Crippen LogP contribution >= 0.6 is 0 Å². The average Bonchev–Trinajstić information content (AvgIpc) is 2.38. The van der Waals surface area contributed by atoms with Crippen LogP contribution in [0.1, 0.15) is 5.56 Å². The number of hydrogen-bond acceptors (Lipinski definition) is 5. The standard InChI is InChI=1S/C12H16N2O4/c1-18-11(16)7-14-12(17)10(13)6-8-2-4-9(15)5-3-8/h2-5,10,15H,6-7,13H2,1H3,(H,14,17). The summed E-state index contributed by atoms with van der Waals surface area (Å²) in [4.78, 5) is 22.4. The van der Waals surface area contributed by atoms with Crippen LogP contribution in [0.2, 0.25) is 0 Å². The van der Waals surface area contributed by atoms with Crippen LogP contribution in [0.25, 0.3) is 0 Å². The first-order valence-electron chi connectivity index (χ1n) is 5.41. The third-order valence-electron chi connectivity index (χ3n) is 2.36. The fourth-order valence-corrected chi connectivity index (χ4v) is 1.34. The first-order chi connectivity index (χ1) is 8.52. The van der Waals surface area contributed by atoms with Crippen molar-refractivity contribution in [3.8, 4) is 5.75 Å². The Labute approximate surface area is 105 Å². The summed E-state index contributed by atoms with van der Waals surface area (Å²) in [5.41, 5.74) is 6.52. The Morgan fingerprint density at radius 2 is 2.00 bits per heavy atom. The summed E-state index contributed by atoms with van der Waals surface area (Å²) < 4.78 is 4.39. The second-order valence-corrected chi connectivity index (χ2v) is 3.77. The van der Waals surface area contributed by atoms with Crippen molar-refractivity contribution in [2.45, 2.75) is 12.5 Å². The Balaban J connectivity index is 2.44. The van der Waals surface area contributed by atoms with Crippen molar-refractivity contribution in [1.82, 2.24) is 5.32 Å². The SMILES string of the molecule is COC(=O)CNC(=O)C(N)Cc1ccc(O)cc1. The molecule has 0 aromatic heterocycles. The van der Waals surface area contributed by atoms with Gasteiger partial charge in [0.05, 0.1) is 13.2 Å². The lowest BCUT2D eigenvalue weighted by Gasteiger charge is -2.11. The molecule has 6 nitrogen and oxygen atoms in total. The van der Waals surface area contributed by atoms with Crippen LogP contribution in [0.5, 0.6) is 5.75 Å². The first-order valence-corrected chi connectivity index (χ1v) is 5.41. The van der Waals surface area contributed by atoms with E-state index in [2.05, 4.69) is 10.1 Å². The zero-order chi connectivity index (χ0) is 13.5. The van der Waals surface area contributed by atoms with Gasteiger partial charge < -0.3 is 20.9 Å². The van der Waals surface area contributed by atoms with Gasteiger partial charge in [-0.2, -0.15) is 0 Å². The lowest BCUT2D eigenvalue weighted by atomic mass is 10.1. The molecule has 1 rings (SSSR count). The van der Waals surface area contributed by atoms with Gasteiger partial charge in [-0.15, -0.1) is 0 Å². The molecule has 0 spiro atoms. The Morgan fingerprint density at radius 3 is 2.56 bits per heavy atom. The van der Waals surface area contributed by atoms with Crippen molar-refractivity contribution >= 4 is 11.9 Å². The monoisotopic (exact) mass is 252 g/mol. The number of nitrogens with two attached hydrogens (primary N) is 1. The summed E-state index contributed by atoms with van der Waals surface area (Å²) in [5, 5.41) is 11.5. The number of hydrogen-bond donors (Lipinski definition) is 3. The molecule has 6 heteroatoms. The summed E-state index contributed by atoms with van der Waals surface area (Å²) in [6.07, 6.45) is 0.327. The van der Waals surface area contributed by atoms with Gasteiger partial charge in [0.25, 0.3) is 0 Å². The number of methoxy groups -OCH3 is 1. The summed E-state index contributed by atoms with van der Waals surface area (Å²) in [7, 11) is 1.24. The number of phenols is 1. The van der Waals surface area contributed by atoms with Gasteiger partial charge in [-0.1, -0.05) is 12.1 Å². The van der Waals surface area contributed by atoms with Crippen LogP contribution in [0.4, 0.5) is 0 Å². The number of esters is 1. The minimum absolute atomic E-state index is 0.155. The highest BCUT2D eigenvalue weighted by Gasteiger charge is 2.14. The number of carbonyl (C=O) groups is 2. The minimum Gasteiger partial charge on any atom is -0.508 e. The topological polar surface area (TPSA) is 102 Å². The third kappa shape index (κ3) is 4.42. The van der Waals surface area contributed by atoms with Crippen molar-refractivity contribution in [3.63, 3.8) is 0 Å². The quantitative estimate of drug-likeness (QED) is 0.616. The maximum Gasteiger partial charge on any atom is 0.325 e. The van der Waals surface area contributed by atoms with Gasteiger partial charge >= 0.3 is 5.97 Å². The van der Waals surface area contributed by atoms with E-state index in [-0.39, 0.29) is 12.3 Å². The molecule has 1 aromatic carbocycles. The van der Waals surface area contributed by atoms with Crippen molar-refractivity contribution in [2.75, 3.05) is 13.7 Å². The lowest BCUT2D eigenvalue weighted by Crippen LogP contribution is -2.44. The molecule has 0 fully saturated rings. The van der Waals surface area contributed by atoms with E-state index in [1.807, 2.05) is 0 Å². The molecule has 18 heavy (non-hydrogen) atoms. The maximum atomic E-state index is 11.5. The van der Waals surface area contributed by atoms with Gasteiger partial charge in [-0.05, 0) is 24.1 Å². The molecular formula is C12H16N2O4. The van der Waals surface area contributed by atoms with Gasteiger partial charge in [0.1, 0.15) is 12.3 Å². The second-order valence-electron chi connectivity index (χ2n) is 3.77. The fraction of sp³-hybridized carbons (Fsp3) is 0.333. The van der Waals surface area contributed by atoms with E-state index in [1.54, 1.807) is 12.1 Å². The molecular weight excluding hydrogens is 236 g/mol. The smallest absolute Gasteiger partial charge is 0.325 e. The summed E-state index contributed by atoms with van der Waals surface area (Å²) in [6.45, 7) is -0.196. The van der Waals surface area contributed by atoms with E-state index >= 15 is 0 Å². The molecule has 98 valence electrons. The van der Waals surface area contributed by atoms with Gasteiger partial charge in [0.15, 0.2) is 0 Å². The normalized spacial score (nSPS) is 11.7. The number of aromatic hydroxyl groups is 1. The predicted octanol–water partition coefficient (Wildman–Crippen LogP) is -0.449. The molecule has 0 aliphatic rings. The molecule has 4 N–H and O–H groups in total. The molecule has 0 heterocycles. The molecule has 0 bridgehead atoms. The van der Waals surface area contributed by atoms with Gasteiger partial charge in [0, 0.05) is 0 Å². The summed E-state index contributed by atoms with van der Waals surface area (Å²) in [5.74, 6) is -0.795. The van der Waals surface area contributed by atoms with Crippen LogP contribution in [0.3, 0.4) is 0 Å². The van der Waals surface area contributed by atoms with Crippen molar-refractivity contribution in [2.24, 2.45) is 5.73 Å². The Bertz CT molecular complexity index is 417. The van der Waals surface area contributed by atoms with Crippen LogP contribution in [0, 0.1) is 0 Å². The Morgan fingerprint density at radius 1 is 1.39 bits per heavy atom. The summed E-state index contributed by atoms with van der Waals surface area (Å²) in [6, 6.07) is 5.66. The predicted molar refractivity (Wildman–Crippen MR) is 64.8 cm³/mol.